The van der Waals surface area contributed by atoms with Crippen molar-refractivity contribution in [2.45, 2.75) is 33.1 Å². The standard InChI is InChI=1S/C27H26N2O3S/c1-4-8-17-11-13-18(14-12-17)24-16-21(20-9-6-7-10-23(20)28-24)25(30)29-26-22(27(31)32-3)15-19(5-2)33-26/h6-7,9-16H,4-5,8H2,1-3H3,(H,29,30). The fourth-order valence-corrected chi connectivity index (χ4v) is 4.76. The summed E-state index contributed by atoms with van der Waals surface area (Å²) < 4.78 is 4.90. The van der Waals surface area contributed by atoms with Gasteiger partial charge in [0, 0.05) is 15.8 Å². The van der Waals surface area contributed by atoms with Gasteiger partial charge in [-0.1, -0.05) is 62.7 Å². The molecule has 0 unspecified atom stereocenters. The number of carbonyl (C=O) groups is 2. The van der Waals surface area contributed by atoms with Gasteiger partial charge in [0.25, 0.3) is 5.91 Å². The first-order valence-electron chi connectivity index (χ1n) is 11.1. The molecule has 0 saturated carbocycles. The topological polar surface area (TPSA) is 68.3 Å². The number of pyridine rings is 1. The van der Waals surface area contributed by atoms with E-state index in [2.05, 4.69) is 24.4 Å². The smallest absolute Gasteiger partial charge is 0.340 e. The Bertz CT molecular complexity index is 1310. The Hall–Kier alpha value is -3.51. The molecule has 0 fully saturated rings. The van der Waals surface area contributed by atoms with Crippen molar-refractivity contribution in [1.82, 2.24) is 4.98 Å². The molecular formula is C27H26N2O3S. The summed E-state index contributed by atoms with van der Waals surface area (Å²) in [6, 6.07) is 19.5. The first-order valence-corrected chi connectivity index (χ1v) is 11.9. The van der Waals surface area contributed by atoms with E-state index in [1.165, 1.54) is 24.0 Å². The summed E-state index contributed by atoms with van der Waals surface area (Å²) in [6.07, 6.45) is 2.89. The number of hydrogen-bond acceptors (Lipinski definition) is 5. The van der Waals surface area contributed by atoms with Crippen LogP contribution in [0.2, 0.25) is 0 Å². The van der Waals surface area contributed by atoms with Gasteiger partial charge in [-0.2, -0.15) is 0 Å². The first-order chi connectivity index (χ1) is 16.0. The van der Waals surface area contributed by atoms with Crippen molar-refractivity contribution in [3.05, 3.63) is 82.2 Å². The van der Waals surface area contributed by atoms with Crippen molar-refractivity contribution in [1.29, 1.82) is 0 Å². The number of nitrogens with one attached hydrogen (secondary N) is 1. The second-order valence-electron chi connectivity index (χ2n) is 7.77. The van der Waals surface area contributed by atoms with Gasteiger partial charge >= 0.3 is 5.97 Å². The van der Waals surface area contributed by atoms with E-state index in [0.29, 0.717) is 16.1 Å². The van der Waals surface area contributed by atoms with Crippen molar-refractivity contribution >= 4 is 39.1 Å². The number of benzene rings is 2. The number of anilines is 1. The molecule has 4 rings (SSSR count). The Labute approximate surface area is 197 Å². The number of aromatic nitrogens is 1. The number of ether oxygens (including phenoxy) is 1. The van der Waals surface area contributed by atoms with Crippen LogP contribution in [-0.2, 0) is 17.6 Å². The number of thiophene rings is 1. The van der Waals surface area contributed by atoms with Gasteiger partial charge in [-0.05, 0) is 36.6 Å². The fraction of sp³-hybridized carbons (Fsp3) is 0.222. The average molecular weight is 459 g/mol. The molecule has 1 amide bonds. The molecule has 0 radical (unpaired) electrons. The number of fused-ring (bicyclic) bond motifs is 1. The van der Waals surface area contributed by atoms with E-state index in [9.17, 15) is 9.59 Å². The minimum Gasteiger partial charge on any atom is -0.465 e. The molecule has 168 valence electrons. The van der Waals surface area contributed by atoms with Gasteiger partial charge in [0.2, 0.25) is 0 Å². The number of aryl methyl sites for hydroxylation is 2. The average Bonchev–Trinajstić information content (AvgIpc) is 3.26. The van der Waals surface area contributed by atoms with Gasteiger partial charge in [0.1, 0.15) is 5.00 Å². The van der Waals surface area contributed by atoms with Gasteiger partial charge in [-0.25, -0.2) is 9.78 Å². The third-order valence-corrected chi connectivity index (χ3v) is 6.71. The van der Waals surface area contributed by atoms with Crippen molar-refractivity contribution in [3.63, 3.8) is 0 Å². The molecule has 0 saturated heterocycles. The van der Waals surface area contributed by atoms with Crippen LogP contribution in [0.5, 0.6) is 0 Å². The maximum absolute atomic E-state index is 13.4. The summed E-state index contributed by atoms with van der Waals surface area (Å²) in [5, 5.41) is 4.20. The van der Waals surface area contributed by atoms with E-state index in [0.717, 1.165) is 46.3 Å². The highest BCUT2D eigenvalue weighted by atomic mass is 32.1. The molecule has 6 heteroatoms. The van der Waals surface area contributed by atoms with E-state index in [1.54, 1.807) is 6.07 Å². The van der Waals surface area contributed by atoms with Gasteiger partial charge in [-0.15, -0.1) is 11.3 Å². The highest BCUT2D eigenvalue weighted by Crippen LogP contribution is 2.31. The number of rotatable bonds is 7. The predicted octanol–water partition coefficient (Wildman–Crippen LogP) is 6.52. The predicted molar refractivity (Wildman–Crippen MR) is 134 cm³/mol. The van der Waals surface area contributed by atoms with E-state index < -0.39 is 5.97 Å². The van der Waals surface area contributed by atoms with Crippen LogP contribution in [0.15, 0.2) is 60.7 Å². The third kappa shape index (κ3) is 4.81. The van der Waals surface area contributed by atoms with Crippen LogP contribution in [0.4, 0.5) is 5.00 Å². The molecule has 2 aromatic heterocycles. The van der Waals surface area contributed by atoms with E-state index in [1.807, 2.05) is 49.4 Å². The molecule has 0 aliphatic rings. The molecule has 0 aliphatic carbocycles. The van der Waals surface area contributed by atoms with Crippen molar-refractivity contribution < 1.29 is 14.3 Å². The van der Waals surface area contributed by atoms with Crippen LogP contribution < -0.4 is 5.32 Å². The zero-order valence-electron chi connectivity index (χ0n) is 19.0. The van der Waals surface area contributed by atoms with E-state index in [-0.39, 0.29) is 5.91 Å². The normalized spacial score (nSPS) is 10.9. The molecular weight excluding hydrogens is 432 g/mol. The zero-order chi connectivity index (χ0) is 23.4. The Morgan fingerprint density at radius 2 is 1.76 bits per heavy atom. The molecule has 4 aromatic rings. The molecule has 0 atom stereocenters. The highest BCUT2D eigenvalue weighted by molar-refractivity contribution is 7.16. The van der Waals surface area contributed by atoms with Gasteiger partial charge < -0.3 is 10.1 Å². The summed E-state index contributed by atoms with van der Waals surface area (Å²) in [5.41, 5.74) is 4.59. The Morgan fingerprint density at radius 3 is 2.45 bits per heavy atom. The monoisotopic (exact) mass is 458 g/mol. The van der Waals surface area contributed by atoms with Crippen molar-refractivity contribution in [3.8, 4) is 11.3 Å². The van der Waals surface area contributed by atoms with Crippen LogP contribution in [0.25, 0.3) is 22.2 Å². The third-order valence-electron chi connectivity index (χ3n) is 5.51. The molecule has 1 N–H and O–H groups in total. The van der Waals surface area contributed by atoms with Crippen LogP contribution in [0.3, 0.4) is 0 Å². The molecule has 2 heterocycles. The van der Waals surface area contributed by atoms with E-state index >= 15 is 0 Å². The second kappa shape index (κ2) is 9.96. The fourth-order valence-electron chi connectivity index (χ4n) is 3.78. The Morgan fingerprint density at radius 1 is 1.00 bits per heavy atom. The number of methoxy groups -OCH3 is 1. The van der Waals surface area contributed by atoms with Crippen LogP contribution in [-0.4, -0.2) is 24.0 Å². The minimum atomic E-state index is -0.464. The van der Waals surface area contributed by atoms with Gasteiger partial charge in [0.15, 0.2) is 0 Å². The van der Waals surface area contributed by atoms with Gasteiger partial charge in [0.05, 0.1) is 29.4 Å². The van der Waals surface area contributed by atoms with Crippen molar-refractivity contribution in [2.75, 3.05) is 12.4 Å². The quantitative estimate of drug-likeness (QED) is 0.320. The second-order valence-corrected chi connectivity index (χ2v) is 8.91. The molecule has 5 nitrogen and oxygen atoms in total. The summed E-state index contributed by atoms with van der Waals surface area (Å²) in [7, 11) is 1.34. The number of nitrogens with zero attached hydrogens (tertiary/aromatic N) is 1. The molecule has 0 aliphatic heterocycles. The molecule has 0 bridgehead atoms. The SMILES string of the molecule is CCCc1ccc(-c2cc(C(=O)Nc3sc(CC)cc3C(=O)OC)c3ccccc3n2)cc1. The lowest BCUT2D eigenvalue weighted by molar-refractivity contribution is 0.0602. The molecule has 0 spiro atoms. The maximum Gasteiger partial charge on any atom is 0.340 e. The van der Waals surface area contributed by atoms with E-state index in [4.69, 9.17) is 9.72 Å². The minimum absolute atomic E-state index is 0.285. The summed E-state index contributed by atoms with van der Waals surface area (Å²) >= 11 is 1.39. The van der Waals surface area contributed by atoms with Crippen LogP contribution in [0.1, 0.15) is 51.4 Å². The lowest BCUT2D eigenvalue weighted by Crippen LogP contribution is -2.14. The highest BCUT2D eigenvalue weighted by Gasteiger charge is 2.20. The lowest BCUT2D eigenvalue weighted by atomic mass is 10.0. The number of carbonyl (C=O) groups excluding carboxylic acids is 2. The summed E-state index contributed by atoms with van der Waals surface area (Å²) in [4.78, 5) is 31.5. The Balaban J connectivity index is 1.75. The number of esters is 1. The number of para-hydroxylation sites is 1. The molecule has 2 aromatic carbocycles. The largest absolute Gasteiger partial charge is 0.465 e. The summed E-state index contributed by atoms with van der Waals surface area (Å²) in [6.45, 7) is 4.17. The maximum atomic E-state index is 13.4. The lowest BCUT2D eigenvalue weighted by Gasteiger charge is -2.11. The number of amides is 1. The zero-order valence-corrected chi connectivity index (χ0v) is 19.8. The van der Waals surface area contributed by atoms with Gasteiger partial charge in [-0.3, -0.25) is 4.79 Å². The summed E-state index contributed by atoms with van der Waals surface area (Å²) in [5.74, 6) is -0.749. The Kier molecular flexibility index (Phi) is 6.84. The first kappa shape index (κ1) is 22.7. The number of hydrogen-bond donors (Lipinski definition) is 1. The molecule has 33 heavy (non-hydrogen) atoms. The van der Waals surface area contributed by atoms with Crippen LogP contribution in [0, 0.1) is 0 Å². The van der Waals surface area contributed by atoms with Crippen molar-refractivity contribution in [2.24, 2.45) is 0 Å². The van der Waals surface area contributed by atoms with Crippen LogP contribution >= 0.6 is 11.3 Å².